The van der Waals surface area contributed by atoms with Crippen molar-refractivity contribution >= 4 is 45.6 Å². The molecule has 1 aliphatic carbocycles. The number of anilines is 2. The highest BCUT2D eigenvalue weighted by atomic mass is 35.5. The number of hydrogen-bond acceptors (Lipinski definition) is 3. The van der Waals surface area contributed by atoms with Crippen LogP contribution in [0.15, 0.2) is 36.4 Å². The van der Waals surface area contributed by atoms with Crippen molar-refractivity contribution in [3.8, 4) is 0 Å². The first-order valence-electron chi connectivity index (χ1n) is 8.68. The van der Waals surface area contributed by atoms with Gasteiger partial charge in [0.1, 0.15) is 5.82 Å². The van der Waals surface area contributed by atoms with Crippen molar-refractivity contribution < 1.29 is 4.39 Å². The Kier molecular flexibility index (Phi) is 3.59. The van der Waals surface area contributed by atoms with Crippen LogP contribution in [0.2, 0.25) is 10.0 Å². The number of aromatic amines is 1. The van der Waals surface area contributed by atoms with Crippen molar-refractivity contribution in [1.82, 2.24) is 10.2 Å². The molecule has 1 N–H and O–H groups in total. The van der Waals surface area contributed by atoms with E-state index in [1.165, 1.54) is 6.07 Å². The van der Waals surface area contributed by atoms with Gasteiger partial charge in [0.05, 0.1) is 27.2 Å². The molecule has 2 aliphatic rings. The molecule has 1 spiro atoms. The van der Waals surface area contributed by atoms with Gasteiger partial charge < -0.3 is 9.80 Å². The van der Waals surface area contributed by atoms with Crippen LogP contribution in [0.3, 0.4) is 0 Å². The maximum atomic E-state index is 14.4. The maximum absolute atomic E-state index is 14.4. The Hall–Kier alpha value is -1.98. The summed E-state index contributed by atoms with van der Waals surface area (Å²) in [4.78, 5) is 4.47. The molecule has 4 nitrogen and oxygen atoms in total. The fourth-order valence-corrected chi connectivity index (χ4v) is 4.45. The molecule has 0 atom stereocenters. The second-order valence-electron chi connectivity index (χ2n) is 7.10. The lowest BCUT2D eigenvalue weighted by molar-refractivity contribution is 0.498. The van der Waals surface area contributed by atoms with E-state index in [0.29, 0.717) is 15.7 Å². The quantitative estimate of drug-likeness (QED) is 0.677. The van der Waals surface area contributed by atoms with Gasteiger partial charge in [0.2, 0.25) is 0 Å². The van der Waals surface area contributed by atoms with Gasteiger partial charge in [-0.05, 0) is 43.2 Å². The van der Waals surface area contributed by atoms with Gasteiger partial charge in [0.15, 0.2) is 5.82 Å². The molecule has 2 heterocycles. The Morgan fingerprint density at radius 2 is 1.96 bits per heavy atom. The largest absolute Gasteiger partial charge is 0.365 e. The highest BCUT2D eigenvalue weighted by Crippen LogP contribution is 2.48. The molecule has 5 rings (SSSR count). The van der Waals surface area contributed by atoms with Crippen molar-refractivity contribution in [3.05, 3.63) is 52.3 Å². The highest BCUT2D eigenvalue weighted by molar-refractivity contribution is 6.36. The van der Waals surface area contributed by atoms with E-state index in [4.69, 9.17) is 23.2 Å². The fraction of sp³-hybridized carbons (Fsp3) is 0.316. The molecule has 26 heavy (non-hydrogen) atoms. The van der Waals surface area contributed by atoms with Crippen molar-refractivity contribution in [3.63, 3.8) is 0 Å². The number of piperazine rings is 1. The lowest BCUT2D eigenvalue weighted by Crippen LogP contribution is -2.55. The van der Waals surface area contributed by atoms with Crippen LogP contribution < -0.4 is 9.80 Å². The van der Waals surface area contributed by atoms with Crippen LogP contribution in [-0.4, -0.2) is 35.4 Å². The summed E-state index contributed by atoms with van der Waals surface area (Å²) in [7, 11) is 0. The molecule has 1 aliphatic heterocycles. The molecule has 0 bridgehead atoms. The van der Waals surface area contributed by atoms with Gasteiger partial charge in [0.25, 0.3) is 0 Å². The summed E-state index contributed by atoms with van der Waals surface area (Å²) in [5.41, 5.74) is 1.55. The number of H-pyrrole nitrogens is 1. The van der Waals surface area contributed by atoms with Crippen molar-refractivity contribution in [1.29, 1.82) is 0 Å². The first-order valence-corrected chi connectivity index (χ1v) is 9.43. The van der Waals surface area contributed by atoms with Crippen molar-refractivity contribution in [2.24, 2.45) is 0 Å². The monoisotopic (exact) mass is 390 g/mol. The van der Waals surface area contributed by atoms with Gasteiger partial charge in [0, 0.05) is 24.7 Å². The predicted molar refractivity (Wildman–Crippen MR) is 104 cm³/mol. The Balaban J connectivity index is 1.49. The molecule has 134 valence electrons. The molecule has 1 aromatic heterocycles. The molecule has 3 aromatic rings. The normalized spacial score (nSPS) is 18.7. The van der Waals surface area contributed by atoms with E-state index in [1.807, 2.05) is 18.2 Å². The zero-order chi connectivity index (χ0) is 17.9. The third-order valence-corrected chi connectivity index (χ3v) is 6.05. The Morgan fingerprint density at radius 3 is 2.73 bits per heavy atom. The van der Waals surface area contributed by atoms with E-state index in [9.17, 15) is 4.39 Å². The lowest BCUT2D eigenvalue weighted by Gasteiger charge is -2.43. The van der Waals surface area contributed by atoms with Crippen molar-refractivity contribution in [2.75, 3.05) is 29.4 Å². The van der Waals surface area contributed by atoms with Gasteiger partial charge in [-0.25, -0.2) is 4.39 Å². The first kappa shape index (κ1) is 16.2. The topological polar surface area (TPSA) is 35.2 Å². The third-order valence-electron chi connectivity index (χ3n) is 5.50. The number of benzene rings is 2. The minimum atomic E-state index is -0.269. The van der Waals surface area contributed by atoms with Crippen LogP contribution in [0.1, 0.15) is 12.8 Å². The molecular formula is C19H17Cl2FN4. The lowest BCUT2D eigenvalue weighted by atomic mass is 10.1. The minimum Gasteiger partial charge on any atom is -0.365 e. The molecule has 0 unspecified atom stereocenters. The third kappa shape index (κ3) is 2.45. The first-order chi connectivity index (χ1) is 12.6. The number of fused-ring (bicyclic) bond motifs is 1. The van der Waals surface area contributed by atoms with Crippen LogP contribution >= 0.6 is 23.2 Å². The minimum absolute atomic E-state index is 0.00831. The SMILES string of the molecule is Fc1cc(Cl)ccc1N1CCN(c2n[nH]c3cccc(Cl)c23)C2(CC2)C1. The molecule has 2 aromatic carbocycles. The zero-order valence-electron chi connectivity index (χ0n) is 14.0. The summed E-state index contributed by atoms with van der Waals surface area (Å²) < 4.78 is 14.4. The fourth-order valence-electron chi connectivity index (χ4n) is 4.03. The zero-order valence-corrected chi connectivity index (χ0v) is 15.5. The van der Waals surface area contributed by atoms with Crippen LogP contribution in [0.25, 0.3) is 10.9 Å². The van der Waals surface area contributed by atoms with E-state index in [2.05, 4.69) is 20.0 Å². The maximum Gasteiger partial charge on any atom is 0.160 e. The molecule has 1 saturated heterocycles. The van der Waals surface area contributed by atoms with E-state index < -0.39 is 0 Å². The van der Waals surface area contributed by atoms with Crippen LogP contribution in [0.4, 0.5) is 15.9 Å². The Morgan fingerprint density at radius 1 is 1.12 bits per heavy atom. The van der Waals surface area contributed by atoms with Gasteiger partial charge in [-0.1, -0.05) is 29.3 Å². The summed E-state index contributed by atoms with van der Waals surface area (Å²) in [6, 6.07) is 10.7. The smallest absolute Gasteiger partial charge is 0.160 e. The van der Waals surface area contributed by atoms with Gasteiger partial charge in [-0.15, -0.1) is 0 Å². The number of nitrogens with zero attached hydrogens (tertiary/aromatic N) is 3. The molecule has 1 saturated carbocycles. The predicted octanol–water partition coefficient (Wildman–Crippen LogP) is 4.87. The summed E-state index contributed by atoms with van der Waals surface area (Å²) in [5, 5.41) is 9.72. The van der Waals surface area contributed by atoms with Crippen molar-refractivity contribution in [2.45, 2.75) is 18.4 Å². The standard InChI is InChI=1S/C19H17Cl2FN4/c20-12-4-5-16(14(22)10-12)25-8-9-26(19(11-25)6-7-19)18-17-13(21)2-1-3-15(17)23-24-18/h1-5,10H,6-9,11H2,(H,23,24). The molecule has 7 heteroatoms. The second-order valence-corrected chi connectivity index (χ2v) is 7.95. The van der Waals surface area contributed by atoms with E-state index >= 15 is 0 Å². The number of hydrogen-bond donors (Lipinski definition) is 1. The van der Waals surface area contributed by atoms with Gasteiger partial charge >= 0.3 is 0 Å². The Labute approximate surface area is 160 Å². The number of nitrogens with one attached hydrogen (secondary N) is 1. The average Bonchev–Trinajstić information content (AvgIpc) is 3.23. The van der Waals surface area contributed by atoms with E-state index in [0.717, 1.165) is 49.2 Å². The summed E-state index contributed by atoms with van der Waals surface area (Å²) in [5.74, 6) is 0.634. The highest BCUT2D eigenvalue weighted by Gasteiger charge is 2.52. The molecular weight excluding hydrogens is 374 g/mol. The summed E-state index contributed by atoms with van der Waals surface area (Å²) in [6.45, 7) is 2.26. The molecule has 0 amide bonds. The van der Waals surface area contributed by atoms with Crippen LogP contribution in [0, 0.1) is 5.82 Å². The van der Waals surface area contributed by atoms with Gasteiger partial charge in [-0.3, -0.25) is 5.10 Å². The van der Waals surface area contributed by atoms with Crippen LogP contribution in [-0.2, 0) is 0 Å². The summed E-state index contributed by atoms with van der Waals surface area (Å²) in [6.07, 6.45) is 2.13. The number of halogens is 3. The van der Waals surface area contributed by atoms with Gasteiger partial charge in [-0.2, -0.15) is 5.10 Å². The second kappa shape index (κ2) is 5.76. The molecule has 2 fully saturated rings. The number of aromatic nitrogens is 2. The van der Waals surface area contributed by atoms with E-state index in [-0.39, 0.29) is 11.4 Å². The number of rotatable bonds is 2. The summed E-state index contributed by atoms with van der Waals surface area (Å²) >= 11 is 12.3. The molecule has 0 radical (unpaired) electrons. The average molecular weight is 391 g/mol. The Bertz CT molecular complexity index is 998. The van der Waals surface area contributed by atoms with E-state index in [1.54, 1.807) is 12.1 Å². The van der Waals surface area contributed by atoms with Crippen LogP contribution in [0.5, 0.6) is 0 Å².